The number of hydrazone groups is 1. The summed E-state index contributed by atoms with van der Waals surface area (Å²) in [6.07, 6.45) is 5.42. The summed E-state index contributed by atoms with van der Waals surface area (Å²) >= 11 is 1.66. The van der Waals surface area contributed by atoms with E-state index in [2.05, 4.69) is 21.5 Å². The predicted molar refractivity (Wildman–Crippen MR) is 110 cm³/mol. The van der Waals surface area contributed by atoms with Crippen LogP contribution in [0.3, 0.4) is 0 Å². The summed E-state index contributed by atoms with van der Waals surface area (Å²) in [5.41, 5.74) is 3.11. The van der Waals surface area contributed by atoms with E-state index in [1.807, 2.05) is 12.1 Å². The SMILES string of the molecule is O=C(CN1C(=O)COc2ccccc21)N/N=C\c1ccc(N2CCCCC2)s1. The lowest BCUT2D eigenvalue weighted by molar-refractivity contribution is -0.125. The van der Waals surface area contributed by atoms with Crippen LogP contribution < -0.4 is 20.0 Å². The molecular weight excluding hydrogens is 376 g/mol. The van der Waals surface area contributed by atoms with Gasteiger partial charge in [0.15, 0.2) is 6.61 Å². The van der Waals surface area contributed by atoms with Crippen molar-refractivity contribution in [2.24, 2.45) is 5.10 Å². The van der Waals surface area contributed by atoms with Crippen LogP contribution in [0.2, 0.25) is 0 Å². The standard InChI is InChI=1S/C20H22N4O3S/c25-18(13-24-16-6-2-3-7-17(16)27-14-19(24)26)22-21-12-15-8-9-20(28-15)23-10-4-1-5-11-23/h2-3,6-9,12H,1,4-5,10-11,13-14H2,(H,22,25)/b21-12-. The Morgan fingerprint density at radius 3 is 2.86 bits per heavy atom. The summed E-state index contributed by atoms with van der Waals surface area (Å²) < 4.78 is 5.38. The summed E-state index contributed by atoms with van der Waals surface area (Å²) in [4.78, 5) is 29.2. The van der Waals surface area contributed by atoms with Crippen molar-refractivity contribution in [3.63, 3.8) is 0 Å². The Hall–Kier alpha value is -2.87. The van der Waals surface area contributed by atoms with Crippen molar-refractivity contribution in [1.82, 2.24) is 5.43 Å². The van der Waals surface area contributed by atoms with Crippen molar-refractivity contribution in [3.8, 4) is 5.75 Å². The minimum absolute atomic E-state index is 0.0674. The summed E-state index contributed by atoms with van der Waals surface area (Å²) in [6, 6.07) is 11.3. The summed E-state index contributed by atoms with van der Waals surface area (Å²) in [6.45, 7) is 2.04. The van der Waals surface area contributed by atoms with Crippen LogP contribution in [0.5, 0.6) is 5.75 Å². The molecule has 2 aliphatic rings. The number of thiophene rings is 1. The first-order valence-electron chi connectivity index (χ1n) is 9.39. The molecule has 28 heavy (non-hydrogen) atoms. The molecule has 0 radical (unpaired) electrons. The molecule has 8 heteroatoms. The first-order chi connectivity index (χ1) is 13.7. The van der Waals surface area contributed by atoms with Crippen molar-refractivity contribution < 1.29 is 14.3 Å². The Labute approximate surface area is 167 Å². The number of hydrogen-bond acceptors (Lipinski definition) is 6. The van der Waals surface area contributed by atoms with Crippen LogP contribution in [0.1, 0.15) is 24.1 Å². The predicted octanol–water partition coefficient (Wildman–Crippen LogP) is 2.61. The molecule has 0 saturated carbocycles. The molecule has 1 aromatic heterocycles. The number of carbonyl (C=O) groups is 2. The molecule has 146 valence electrons. The maximum Gasteiger partial charge on any atom is 0.265 e. The number of para-hydroxylation sites is 2. The van der Waals surface area contributed by atoms with E-state index >= 15 is 0 Å². The molecule has 0 spiro atoms. The molecule has 2 aromatic rings. The highest BCUT2D eigenvalue weighted by molar-refractivity contribution is 7.17. The van der Waals surface area contributed by atoms with Crippen LogP contribution in [-0.4, -0.2) is 44.3 Å². The third-order valence-corrected chi connectivity index (χ3v) is 5.85. The van der Waals surface area contributed by atoms with Gasteiger partial charge in [-0.2, -0.15) is 5.10 Å². The highest BCUT2D eigenvalue weighted by Gasteiger charge is 2.26. The Bertz CT molecular complexity index is 889. The number of fused-ring (bicyclic) bond motifs is 1. The smallest absolute Gasteiger partial charge is 0.265 e. The van der Waals surface area contributed by atoms with E-state index in [1.54, 1.807) is 35.8 Å². The molecule has 1 aromatic carbocycles. The second-order valence-electron chi connectivity index (χ2n) is 6.75. The van der Waals surface area contributed by atoms with Crippen molar-refractivity contribution in [2.45, 2.75) is 19.3 Å². The molecule has 0 unspecified atom stereocenters. The number of ether oxygens (including phenoxy) is 1. The maximum atomic E-state index is 12.2. The summed E-state index contributed by atoms with van der Waals surface area (Å²) in [7, 11) is 0. The third kappa shape index (κ3) is 4.17. The second-order valence-corrected chi connectivity index (χ2v) is 7.85. The van der Waals surface area contributed by atoms with Gasteiger partial charge in [0, 0.05) is 18.0 Å². The Balaban J connectivity index is 1.33. The Morgan fingerprint density at radius 1 is 1.18 bits per heavy atom. The van der Waals surface area contributed by atoms with Crippen LogP contribution >= 0.6 is 11.3 Å². The number of hydrogen-bond donors (Lipinski definition) is 1. The number of piperidine rings is 1. The largest absolute Gasteiger partial charge is 0.482 e. The second kappa shape index (κ2) is 8.43. The van der Waals surface area contributed by atoms with Crippen LogP contribution in [-0.2, 0) is 9.59 Å². The highest BCUT2D eigenvalue weighted by atomic mass is 32.1. The average molecular weight is 398 g/mol. The maximum absolute atomic E-state index is 12.2. The fourth-order valence-electron chi connectivity index (χ4n) is 3.37. The van der Waals surface area contributed by atoms with Crippen molar-refractivity contribution in [2.75, 3.05) is 36.0 Å². The Kier molecular flexibility index (Phi) is 5.57. The zero-order valence-electron chi connectivity index (χ0n) is 15.5. The topological polar surface area (TPSA) is 74.2 Å². The molecule has 3 heterocycles. The summed E-state index contributed by atoms with van der Waals surface area (Å²) in [5, 5.41) is 5.28. The molecule has 0 aliphatic carbocycles. The monoisotopic (exact) mass is 398 g/mol. The van der Waals surface area contributed by atoms with Gasteiger partial charge in [0.1, 0.15) is 12.3 Å². The quantitative estimate of drug-likeness (QED) is 0.621. The van der Waals surface area contributed by atoms with E-state index in [4.69, 9.17) is 4.74 Å². The number of rotatable bonds is 5. The van der Waals surface area contributed by atoms with Gasteiger partial charge < -0.3 is 9.64 Å². The van der Waals surface area contributed by atoms with Crippen LogP contribution in [0.25, 0.3) is 0 Å². The summed E-state index contributed by atoms with van der Waals surface area (Å²) in [5.74, 6) is -0.00129. The molecule has 0 atom stereocenters. The molecule has 1 N–H and O–H groups in total. The van der Waals surface area contributed by atoms with Gasteiger partial charge in [-0.25, -0.2) is 5.43 Å². The number of anilines is 2. The van der Waals surface area contributed by atoms with Gasteiger partial charge in [0.2, 0.25) is 0 Å². The average Bonchev–Trinajstić information content (AvgIpc) is 3.20. The number of nitrogens with zero attached hydrogens (tertiary/aromatic N) is 3. The van der Waals surface area contributed by atoms with Crippen LogP contribution in [0, 0.1) is 0 Å². The van der Waals surface area contributed by atoms with E-state index < -0.39 is 0 Å². The van der Waals surface area contributed by atoms with Gasteiger partial charge in [-0.3, -0.25) is 14.5 Å². The zero-order valence-corrected chi connectivity index (χ0v) is 16.3. The Morgan fingerprint density at radius 2 is 2.00 bits per heavy atom. The number of carbonyl (C=O) groups excluding carboxylic acids is 2. The van der Waals surface area contributed by atoms with E-state index in [9.17, 15) is 9.59 Å². The van der Waals surface area contributed by atoms with E-state index in [0.717, 1.165) is 18.0 Å². The van der Waals surface area contributed by atoms with Crippen LogP contribution in [0.15, 0.2) is 41.5 Å². The van der Waals surface area contributed by atoms with Gasteiger partial charge in [-0.05, 0) is 43.5 Å². The molecule has 1 saturated heterocycles. The highest BCUT2D eigenvalue weighted by Crippen LogP contribution is 2.31. The molecule has 2 amide bonds. The first-order valence-corrected chi connectivity index (χ1v) is 10.2. The zero-order chi connectivity index (χ0) is 19.3. The molecule has 4 rings (SSSR count). The number of benzene rings is 1. The number of nitrogens with one attached hydrogen (secondary N) is 1. The minimum atomic E-state index is -0.353. The molecule has 2 aliphatic heterocycles. The molecule has 0 bridgehead atoms. The number of amides is 2. The first kappa shape index (κ1) is 18.5. The van der Waals surface area contributed by atoms with E-state index in [0.29, 0.717) is 11.4 Å². The normalized spacial score (nSPS) is 16.8. The van der Waals surface area contributed by atoms with Crippen molar-refractivity contribution >= 4 is 40.1 Å². The molecule has 1 fully saturated rings. The van der Waals surface area contributed by atoms with Gasteiger partial charge in [-0.15, -0.1) is 11.3 Å². The molecule has 7 nitrogen and oxygen atoms in total. The lowest BCUT2D eigenvalue weighted by Gasteiger charge is -2.28. The van der Waals surface area contributed by atoms with Gasteiger partial charge >= 0.3 is 0 Å². The van der Waals surface area contributed by atoms with E-state index in [1.165, 1.54) is 29.2 Å². The van der Waals surface area contributed by atoms with Gasteiger partial charge in [0.25, 0.3) is 11.8 Å². The van der Waals surface area contributed by atoms with Crippen molar-refractivity contribution in [1.29, 1.82) is 0 Å². The minimum Gasteiger partial charge on any atom is -0.482 e. The molecular formula is C20H22N4O3S. The fourth-order valence-corrected chi connectivity index (χ4v) is 4.30. The fraction of sp³-hybridized carbons (Fsp3) is 0.350. The third-order valence-electron chi connectivity index (χ3n) is 4.77. The van der Waals surface area contributed by atoms with Gasteiger partial charge in [-0.1, -0.05) is 12.1 Å². The van der Waals surface area contributed by atoms with Crippen LogP contribution in [0.4, 0.5) is 10.7 Å². The van der Waals surface area contributed by atoms with E-state index in [-0.39, 0.29) is 25.0 Å². The lowest BCUT2D eigenvalue weighted by Crippen LogP contribution is -2.44. The lowest BCUT2D eigenvalue weighted by atomic mass is 10.1. The van der Waals surface area contributed by atoms with Gasteiger partial charge in [0.05, 0.1) is 16.9 Å². The van der Waals surface area contributed by atoms with Crippen molar-refractivity contribution in [3.05, 3.63) is 41.3 Å².